The first-order valence-electron chi connectivity index (χ1n) is 9.63. The highest BCUT2D eigenvalue weighted by atomic mass is 32.5. The third kappa shape index (κ3) is 7.78. The average molecular weight is 444 g/mol. The first kappa shape index (κ1) is 25.7. The van der Waals surface area contributed by atoms with Gasteiger partial charge in [-0.2, -0.15) is 5.26 Å². The van der Waals surface area contributed by atoms with Crippen molar-refractivity contribution in [1.82, 2.24) is 0 Å². The summed E-state index contributed by atoms with van der Waals surface area (Å²) < 4.78 is 27.9. The van der Waals surface area contributed by atoms with Gasteiger partial charge in [-0.05, 0) is 30.9 Å². The number of esters is 1. The first-order valence-corrected chi connectivity index (χ1v) is 12.2. The van der Waals surface area contributed by atoms with Crippen LogP contribution in [-0.4, -0.2) is 44.6 Å². The quantitative estimate of drug-likeness (QED) is 0.314. The number of nitrogens with zero attached hydrogens (tertiary/aromatic N) is 1. The van der Waals surface area contributed by atoms with Crippen molar-refractivity contribution in [3.8, 4) is 6.07 Å². The van der Waals surface area contributed by atoms with Crippen molar-refractivity contribution in [2.75, 3.05) is 20.3 Å². The Kier molecular flexibility index (Phi) is 11.6. The van der Waals surface area contributed by atoms with E-state index in [2.05, 4.69) is 0 Å². The molecule has 1 unspecified atom stereocenters. The van der Waals surface area contributed by atoms with Crippen LogP contribution in [0.4, 0.5) is 0 Å². The Morgan fingerprint density at radius 2 is 1.90 bits per heavy atom. The molecule has 0 bridgehead atoms. The fourth-order valence-corrected chi connectivity index (χ4v) is 4.01. The maximum absolute atomic E-state index is 12.4. The molecule has 1 heterocycles. The lowest BCUT2D eigenvalue weighted by Gasteiger charge is -2.24. The zero-order chi connectivity index (χ0) is 21.9. The lowest BCUT2D eigenvalue weighted by molar-refractivity contribution is -0.0303. The third-order valence-corrected chi connectivity index (χ3v) is 6.84. The van der Waals surface area contributed by atoms with Crippen molar-refractivity contribution in [2.45, 2.75) is 52.4 Å². The Morgan fingerprint density at radius 3 is 2.48 bits per heavy atom. The van der Waals surface area contributed by atoms with Gasteiger partial charge in [-0.25, -0.2) is 4.79 Å². The Bertz CT molecular complexity index is 711. The highest BCUT2D eigenvalue weighted by Gasteiger charge is 2.43. The van der Waals surface area contributed by atoms with Crippen molar-refractivity contribution in [2.24, 2.45) is 5.92 Å². The summed E-state index contributed by atoms with van der Waals surface area (Å²) in [5.74, 6) is -0.419. The lowest BCUT2D eigenvalue weighted by Crippen LogP contribution is -2.34. The summed E-state index contributed by atoms with van der Waals surface area (Å²) in [6.45, 7) is 5.10. The molecule has 29 heavy (non-hydrogen) atoms. The molecule has 7 nitrogen and oxygen atoms in total. The molecule has 0 aliphatic carbocycles. The fourth-order valence-electron chi connectivity index (χ4n) is 2.68. The van der Waals surface area contributed by atoms with Gasteiger partial charge in [0, 0.05) is 13.0 Å². The summed E-state index contributed by atoms with van der Waals surface area (Å²) >= 11 is 5.28. The summed E-state index contributed by atoms with van der Waals surface area (Å²) in [5.41, 5.74) is 0.478. The molecule has 162 valence electrons. The van der Waals surface area contributed by atoms with Gasteiger partial charge in [-0.3, -0.25) is 0 Å². The highest BCUT2D eigenvalue weighted by Crippen LogP contribution is 2.49. The van der Waals surface area contributed by atoms with E-state index in [0.29, 0.717) is 5.56 Å². The van der Waals surface area contributed by atoms with E-state index in [9.17, 15) is 4.79 Å². The number of rotatable bonds is 9. The van der Waals surface area contributed by atoms with Gasteiger partial charge in [0.15, 0.2) is 0 Å². The number of carbonyl (C=O) groups is 1. The molecule has 0 spiro atoms. The monoisotopic (exact) mass is 443 g/mol. The molecule has 9 heteroatoms. The van der Waals surface area contributed by atoms with E-state index in [-0.39, 0.29) is 31.7 Å². The number of nitriles is 1. The van der Waals surface area contributed by atoms with Crippen LogP contribution in [0, 0.1) is 17.2 Å². The van der Waals surface area contributed by atoms with Crippen LogP contribution in [0.15, 0.2) is 30.3 Å². The molecule has 0 amide bonds. The smallest absolute Gasteiger partial charge is 0.338 e. The van der Waals surface area contributed by atoms with Gasteiger partial charge < -0.3 is 23.0 Å². The van der Waals surface area contributed by atoms with E-state index in [0.717, 1.165) is 0 Å². The lowest BCUT2D eigenvalue weighted by atomic mass is 9.99. The zero-order valence-electron chi connectivity index (χ0n) is 17.6. The van der Waals surface area contributed by atoms with Crippen LogP contribution < -0.4 is 0 Å². The number of carbonyl (C=O) groups excluding carboxylic acids is 1. The van der Waals surface area contributed by atoms with Crippen molar-refractivity contribution < 1.29 is 27.8 Å². The second kappa shape index (κ2) is 13.1. The third-order valence-electron chi connectivity index (χ3n) is 4.35. The zero-order valence-corrected chi connectivity index (χ0v) is 19.3. The van der Waals surface area contributed by atoms with Crippen molar-refractivity contribution in [3.05, 3.63) is 35.9 Å². The van der Waals surface area contributed by atoms with Crippen LogP contribution in [0.2, 0.25) is 0 Å². The van der Waals surface area contributed by atoms with Gasteiger partial charge in [0.1, 0.15) is 12.2 Å². The molecule has 1 saturated heterocycles. The SMILES string of the molecule is CC.COP(=S)(OCCC#N)OC[C@H]1O[C@@H](C)[C@H](C)[C@@H]1OC(=O)c1ccccc1. The van der Waals surface area contributed by atoms with E-state index < -0.39 is 24.9 Å². The number of benzene rings is 1. The van der Waals surface area contributed by atoms with Crippen LogP contribution in [0.1, 0.15) is 44.5 Å². The maximum Gasteiger partial charge on any atom is 0.338 e. The van der Waals surface area contributed by atoms with Crippen molar-refractivity contribution in [1.29, 1.82) is 5.26 Å². The minimum absolute atomic E-state index is 0.00818. The Hall–Kier alpha value is -1.33. The molecule has 0 radical (unpaired) electrons. The molecule has 0 N–H and O–H groups in total. The molecule has 5 atom stereocenters. The Labute approximate surface area is 178 Å². The van der Waals surface area contributed by atoms with Crippen molar-refractivity contribution in [3.63, 3.8) is 0 Å². The van der Waals surface area contributed by atoms with Crippen LogP contribution >= 0.6 is 6.72 Å². The maximum atomic E-state index is 12.4. The van der Waals surface area contributed by atoms with Gasteiger partial charge in [0.2, 0.25) is 0 Å². The van der Waals surface area contributed by atoms with E-state index >= 15 is 0 Å². The largest absolute Gasteiger partial charge is 0.456 e. The average Bonchev–Trinajstić information content (AvgIpc) is 3.02. The summed E-state index contributed by atoms with van der Waals surface area (Å²) in [4.78, 5) is 12.4. The molecule has 0 aromatic heterocycles. The van der Waals surface area contributed by atoms with Crippen LogP contribution in [0.5, 0.6) is 0 Å². The molecular formula is C20H30NO6PS. The van der Waals surface area contributed by atoms with Crippen molar-refractivity contribution >= 4 is 24.5 Å². The molecule has 2 rings (SSSR count). The predicted octanol–water partition coefficient (Wildman–Crippen LogP) is 4.48. The van der Waals surface area contributed by atoms with Crippen LogP contribution in [0.3, 0.4) is 0 Å². The topological polar surface area (TPSA) is 87.0 Å². The van der Waals surface area contributed by atoms with Gasteiger partial charge >= 0.3 is 12.7 Å². The second-order valence-electron chi connectivity index (χ2n) is 6.14. The first-order chi connectivity index (χ1) is 13.9. The molecular weight excluding hydrogens is 413 g/mol. The molecule has 0 saturated carbocycles. The van der Waals surface area contributed by atoms with Gasteiger partial charge in [0.25, 0.3) is 0 Å². The normalized spacial score (nSPS) is 25.2. The van der Waals surface area contributed by atoms with Gasteiger partial charge in [-0.15, -0.1) is 0 Å². The predicted molar refractivity (Wildman–Crippen MR) is 114 cm³/mol. The Balaban J connectivity index is 0.00000204. The number of hydrogen-bond donors (Lipinski definition) is 0. The minimum Gasteiger partial charge on any atom is -0.456 e. The van der Waals surface area contributed by atoms with Crippen LogP contribution in [0.25, 0.3) is 0 Å². The molecule has 1 aromatic carbocycles. The minimum atomic E-state index is -2.98. The standard InChI is InChI=1S/C18H24NO6PS.C2H6/c1-13-14(2)24-16(12-23-26(27,21-3)22-11-7-10-19)17(13)25-18(20)15-8-5-4-6-9-15;1-2/h4-6,8-9,13-14,16-17H,7,11-12H2,1-3H3;1-2H3/t13-,14-,16+,17-,26?;/m0./s1. The summed E-state index contributed by atoms with van der Waals surface area (Å²) in [7, 11) is 1.40. The fraction of sp³-hybridized carbons (Fsp3) is 0.600. The summed E-state index contributed by atoms with van der Waals surface area (Å²) in [6, 6.07) is 10.8. The van der Waals surface area contributed by atoms with E-state index in [4.69, 9.17) is 40.1 Å². The number of hydrogen-bond acceptors (Lipinski definition) is 8. The summed E-state index contributed by atoms with van der Waals surface area (Å²) in [5, 5.41) is 8.61. The van der Waals surface area contributed by atoms with Gasteiger partial charge in [0.05, 0.1) is 37.4 Å². The second-order valence-corrected chi connectivity index (χ2v) is 9.26. The molecule has 1 aromatic rings. The highest BCUT2D eigenvalue weighted by molar-refractivity contribution is 8.07. The molecule has 1 fully saturated rings. The van der Waals surface area contributed by atoms with Gasteiger partial charge in [-0.1, -0.05) is 39.0 Å². The summed E-state index contributed by atoms with van der Waals surface area (Å²) in [6.07, 6.45) is -0.880. The van der Waals surface area contributed by atoms with Crippen LogP contribution in [-0.2, 0) is 34.9 Å². The molecule has 1 aliphatic rings. The molecule has 1 aliphatic heterocycles. The van der Waals surface area contributed by atoms with E-state index in [1.807, 2.05) is 39.8 Å². The van der Waals surface area contributed by atoms with E-state index in [1.165, 1.54) is 7.11 Å². The number of ether oxygens (including phenoxy) is 2. The Morgan fingerprint density at radius 1 is 1.24 bits per heavy atom. The van der Waals surface area contributed by atoms with E-state index in [1.54, 1.807) is 24.3 Å².